The van der Waals surface area contributed by atoms with Crippen molar-refractivity contribution < 1.29 is 0 Å². The van der Waals surface area contributed by atoms with Crippen molar-refractivity contribution in [3.63, 3.8) is 0 Å². The monoisotopic (exact) mass is 149 g/mol. The van der Waals surface area contributed by atoms with Crippen LogP contribution in [0.25, 0.3) is 0 Å². The standard InChI is InChI=1S/C8H11N3/c1-6-7(4-9)3-8(5-10)11(6)2/h3H,5,10H2,1-2H3. The van der Waals surface area contributed by atoms with Gasteiger partial charge in [0.25, 0.3) is 0 Å². The number of nitrogens with two attached hydrogens (primary N) is 1. The predicted octanol–water partition coefficient (Wildman–Crippen LogP) is 0.664. The van der Waals surface area contributed by atoms with E-state index in [-0.39, 0.29) is 0 Å². The molecule has 0 atom stereocenters. The summed E-state index contributed by atoms with van der Waals surface area (Å²) in [5.41, 5.74) is 8.15. The molecule has 0 amide bonds. The molecule has 3 heteroatoms. The molecule has 0 aromatic carbocycles. The highest BCUT2D eigenvalue weighted by Crippen LogP contribution is 2.11. The summed E-state index contributed by atoms with van der Waals surface area (Å²) in [5.74, 6) is 0. The van der Waals surface area contributed by atoms with E-state index in [2.05, 4.69) is 6.07 Å². The van der Waals surface area contributed by atoms with Crippen molar-refractivity contribution in [1.82, 2.24) is 4.57 Å². The first-order chi connectivity index (χ1) is 5.20. The maximum absolute atomic E-state index is 8.65. The Labute approximate surface area is 66.0 Å². The average molecular weight is 149 g/mol. The third-order valence-electron chi connectivity index (χ3n) is 1.96. The van der Waals surface area contributed by atoms with Crippen molar-refractivity contribution in [2.45, 2.75) is 13.5 Å². The van der Waals surface area contributed by atoms with Crippen molar-refractivity contribution in [1.29, 1.82) is 5.26 Å². The quantitative estimate of drug-likeness (QED) is 0.637. The Balaban J connectivity index is 3.26. The van der Waals surface area contributed by atoms with Crippen LogP contribution in [0, 0.1) is 18.3 Å². The molecule has 1 heterocycles. The molecule has 0 aliphatic rings. The summed E-state index contributed by atoms with van der Waals surface area (Å²) in [5, 5.41) is 8.65. The smallest absolute Gasteiger partial charge is 0.101 e. The lowest BCUT2D eigenvalue weighted by atomic mass is 10.3. The molecule has 0 aliphatic carbocycles. The molecule has 0 fully saturated rings. The Hall–Kier alpha value is -1.27. The van der Waals surface area contributed by atoms with Gasteiger partial charge in [0.1, 0.15) is 6.07 Å². The first kappa shape index (κ1) is 7.83. The molecule has 3 nitrogen and oxygen atoms in total. The van der Waals surface area contributed by atoms with Gasteiger partial charge in [0, 0.05) is 25.0 Å². The molecule has 1 aromatic heterocycles. The largest absolute Gasteiger partial charge is 0.349 e. The van der Waals surface area contributed by atoms with Crippen LogP contribution in [0.1, 0.15) is 17.0 Å². The van der Waals surface area contributed by atoms with Gasteiger partial charge >= 0.3 is 0 Å². The van der Waals surface area contributed by atoms with Crippen molar-refractivity contribution in [2.24, 2.45) is 12.8 Å². The average Bonchev–Trinajstić information content (AvgIpc) is 2.30. The second kappa shape index (κ2) is 2.77. The fourth-order valence-electron chi connectivity index (χ4n) is 1.07. The van der Waals surface area contributed by atoms with Gasteiger partial charge in [0.15, 0.2) is 0 Å². The molecule has 58 valence electrons. The number of nitrogens with zero attached hydrogens (tertiary/aromatic N) is 2. The van der Waals surface area contributed by atoms with E-state index in [1.165, 1.54) is 0 Å². The van der Waals surface area contributed by atoms with E-state index in [0.29, 0.717) is 12.1 Å². The van der Waals surface area contributed by atoms with Crippen LogP contribution < -0.4 is 5.73 Å². The van der Waals surface area contributed by atoms with Gasteiger partial charge in [-0.15, -0.1) is 0 Å². The van der Waals surface area contributed by atoms with Crippen LogP contribution in [0.4, 0.5) is 0 Å². The fourth-order valence-corrected chi connectivity index (χ4v) is 1.07. The van der Waals surface area contributed by atoms with E-state index in [1.54, 1.807) is 0 Å². The summed E-state index contributed by atoms with van der Waals surface area (Å²) >= 11 is 0. The molecule has 0 saturated carbocycles. The van der Waals surface area contributed by atoms with Gasteiger partial charge in [0.2, 0.25) is 0 Å². The number of hydrogen-bond acceptors (Lipinski definition) is 2. The van der Waals surface area contributed by atoms with Crippen molar-refractivity contribution >= 4 is 0 Å². The molecule has 0 saturated heterocycles. The lowest BCUT2D eigenvalue weighted by Gasteiger charge is -2.00. The topological polar surface area (TPSA) is 54.7 Å². The van der Waals surface area contributed by atoms with Gasteiger partial charge < -0.3 is 10.3 Å². The maximum atomic E-state index is 8.65. The van der Waals surface area contributed by atoms with E-state index >= 15 is 0 Å². The summed E-state index contributed by atoms with van der Waals surface area (Å²) in [6.45, 7) is 2.40. The Kier molecular flexibility index (Phi) is 1.97. The Morgan fingerprint density at radius 1 is 1.73 bits per heavy atom. The van der Waals surface area contributed by atoms with E-state index in [0.717, 1.165) is 11.4 Å². The number of aromatic nitrogens is 1. The molecule has 1 rings (SSSR count). The van der Waals surface area contributed by atoms with Crippen LogP contribution in [0.15, 0.2) is 6.07 Å². The predicted molar refractivity (Wildman–Crippen MR) is 42.8 cm³/mol. The highest BCUT2D eigenvalue weighted by Gasteiger charge is 2.05. The Bertz CT molecular complexity index is 304. The molecule has 0 spiro atoms. The van der Waals surface area contributed by atoms with E-state index < -0.39 is 0 Å². The van der Waals surface area contributed by atoms with E-state index in [1.807, 2.05) is 24.6 Å². The number of rotatable bonds is 1. The van der Waals surface area contributed by atoms with Gasteiger partial charge in [-0.05, 0) is 13.0 Å². The van der Waals surface area contributed by atoms with Crippen molar-refractivity contribution in [3.8, 4) is 6.07 Å². The second-order valence-corrected chi connectivity index (χ2v) is 2.51. The van der Waals surface area contributed by atoms with E-state index in [9.17, 15) is 0 Å². The third-order valence-corrected chi connectivity index (χ3v) is 1.96. The third kappa shape index (κ3) is 1.13. The van der Waals surface area contributed by atoms with Crippen LogP contribution >= 0.6 is 0 Å². The minimum absolute atomic E-state index is 0.485. The Morgan fingerprint density at radius 2 is 2.36 bits per heavy atom. The number of hydrogen-bond donors (Lipinski definition) is 1. The molecule has 0 unspecified atom stereocenters. The zero-order valence-corrected chi connectivity index (χ0v) is 6.76. The summed E-state index contributed by atoms with van der Waals surface area (Å²) in [6, 6.07) is 3.94. The lowest BCUT2D eigenvalue weighted by Crippen LogP contribution is -2.03. The maximum Gasteiger partial charge on any atom is 0.101 e. The fraction of sp³-hybridized carbons (Fsp3) is 0.375. The van der Waals surface area contributed by atoms with Crippen LogP contribution in [-0.2, 0) is 13.6 Å². The molecule has 11 heavy (non-hydrogen) atoms. The van der Waals surface area contributed by atoms with Crippen molar-refractivity contribution in [3.05, 3.63) is 23.0 Å². The van der Waals surface area contributed by atoms with Crippen LogP contribution in [0.3, 0.4) is 0 Å². The summed E-state index contributed by atoms with van der Waals surface area (Å²) < 4.78 is 1.94. The molecular formula is C8H11N3. The minimum atomic E-state index is 0.485. The SMILES string of the molecule is Cc1c(C#N)cc(CN)n1C. The van der Waals surface area contributed by atoms with Gasteiger partial charge in [0.05, 0.1) is 5.56 Å². The second-order valence-electron chi connectivity index (χ2n) is 2.51. The van der Waals surface area contributed by atoms with Gasteiger partial charge in [-0.2, -0.15) is 5.26 Å². The zero-order chi connectivity index (χ0) is 8.43. The van der Waals surface area contributed by atoms with Gasteiger partial charge in [-0.1, -0.05) is 0 Å². The highest BCUT2D eigenvalue weighted by atomic mass is 15.0. The first-order valence-electron chi connectivity index (χ1n) is 3.46. The molecule has 0 bridgehead atoms. The number of nitriles is 1. The Morgan fingerprint density at radius 3 is 2.64 bits per heavy atom. The molecule has 0 radical (unpaired) electrons. The first-order valence-corrected chi connectivity index (χ1v) is 3.46. The molecular weight excluding hydrogens is 138 g/mol. The van der Waals surface area contributed by atoms with Crippen LogP contribution in [-0.4, -0.2) is 4.57 Å². The van der Waals surface area contributed by atoms with E-state index in [4.69, 9.17) is 11.0 Å². The molecule has 2 N–H and O–H groups in total. The summed E-state index contributed by atoms with van der Waals surface area (Å²) in [4.78, 5) is 0. The van der Waals surface area contributed by atoms with Crippen molar-refractivity contribution in [2.75, 3.05) is 0 Å². The lowest BCUT2D eigenvalue weighted by molar-refractivity contribution is 0.797. The van der Waals surface area contributed by atoms with Crippen LogP contribution in [0.2, 0.25) is 0 Å². The summed E-state index contributed by atoms with van der Waals surface area (Å²) in [6.07, 6.45) is 0. The summed E-state index contributed by atoms with van der Waals surface area (Å²) in [7, 11) is 1.92. The minimum Gasteiger partial charge on any atom is -0.349 e. The normalized spacial score (nSPS) is 9.64. The van der Waals surface area contributed by atoms with Gasteiger partial charge in [-0.25, -0.2) is 0 Å². The zero-order valence-electron chi connectivity index (χ0n) is 6.76. The van der Waals surface area contributed by atoms with Crippen LogP contribution in [0.5, 0.6) is 0 Å². The highest BCUT2D eigenvalue weighted by molar-refractivity contribution is 5.37. The van der Waals surface area contributed by atoms with Gasteiger partial charge in [-0.3, -0.25) is 0 Å². The molecule has 1 aromatic rings. The molecule has 0 aliphatic heterocycles.